The van der Waals surface area contributed by atoms with Crippen LogP contribution in [0.1, 0.15) is 10.4 Å². The van der Waals surface area contributed by atoms with E-state index in [-0.39, 0.29) is 11.3 Å². The van der Waals surface area contributed by atoms with E-state index < -0.39 is 17.6 Å². The molecule has 0 saturated heterocycles. The van der Waals surface area contributed by atoms with Crippen LogP contribution in [0, 0.1) is 5.82 Å². The van der Waals surface area contributed by atoms with Crippen molar-refractivity contribution >= 4 is 23.6 Å². The number of hydrogen-bond acceptors (Lipinski definition) is 6. The number of thioether (sulfide) groups is 1. The molecule has 1 aromatic heterocycles. The number of hydrogen-bond donors (Lipinski definition) is 2. The lowest BCUT2D eigenvalue weighted by Gasteiger charge is -2.09. The molecule has 0 unspecified atom stereocenters. The van der Waals surface area contributed by atoms with Crippen molar-refractivity contribution in [1.82, 2.24) is 25.6 Å². The highest BCUT2D eigenvalue weighted by molar-refractivity contribution is 7.99. The molecule has 0 atom stereocenters. The van der Waals surface area contributed by atoms with E-state index in [2.05, 4.69) is 27.6 Å². The molecule has 10 heteroatoms. The number of methoxy groups -OCH3 is 1. The van der Waals surface area contributed by atoms with Gasteiger partial charge in [0.2, 0.25) is 5.91 Å². The van der Waals surface area contributed by atoms with E-state index in [1.165, 1.54) is 36.0 Å². The van der Waals surface area contributed by atoms with Crippen LogP contribution in [0.15, 0.2) is 66.3 Å². The van der Waals surface area contributed by atoms with Gasteiger partial charge in [-0.3, -0.25) is 25.0 Å². The Labute approximate surface area is 182 Å². The Morgan fingerprint density at radius 2 is 1.84 bits per heavy atom. The fourth-order valence-electron chi connectivity index (χ4n) is 2.61. The molecule has 3 aromatic rings. The zero-order valence-electron chi connectivity index (χ0n) is 16.7. The molecule has 2 amide bonds. The first-order valence-corrected chi connectivity index (χ1v) is 10.2. The molecule has 2 N–H and O–H groups in total. The minimum atomic E-state index is -0.546. The van der Waals surface area contributed by atoms with E-state index in [0.29, 0.717) is 17.5 Å². The van der Waals surface area contributed by atoms with Gasteiger partial charge in [0.05, 0.1) is 12.9 Å². The minimum Gasteiger partial charge on any atom is -0.497 e. The molecule has 0 spiro atoms. The van der Waals surface area contributed by atoms with Gasteiger partial charge in [-0.05, 0) is 48.5 Å². The Morgan fingerprint density at radius 1 is 1.13 bits per heavy atom. The van der Waals surface area contributed by atoms with Gasteiger partial charge in [0.1, 0.15) is 11.6 Å². The molecule has 8 nitrogen and oxygen atoms in total. The summed E-state index contributed by atoms with van der Waals surface area (Å²) in [5, 5.41) is 8.93. The predicted molar refractivity (Wildman–Crippen MR) is 115 cm³/mol. The second kappa shape index (κ2) is 10.4. The van der Waals surface area contributed by atoms with Crippen LogP contribution in [-0.4, -0.2) is 39.4 Å². The number of carbonyl (C=O) groups is 2. The molecule has 2 aromatic carbocycles. The van der Waals surface area contributed by atoms with Gasteiger partial charge >= 0.3 is 0 Å². The lowest BCUT2D eigenvalue weighted by molar-refractivity contribution is -0.119. The first-order chi connectivity index (χ1) is 15.0. The van der Waals surface area contributed by atoms with E-state index >= 15 is 0 Å². The van der Waals surface area contributed by atoms with E-state index in [1.807, 2.05) is 28.8 Å². The molecule has 0 saturated carbocycles. The fourth-order valence-corrected chi connectivity index (χ4v) is 3.36. The average molecular weight is 441 g/mol. The Morgan fingerprint density at radius 3 is 2.48 bits per heavy atom. The zero-order valence-corrected chi connectivity index (χ0v) is 17.5. The number of halogens is 1. The normalized spacial score (nSPS) is 10.4. The van der Waals surface area contributed by atoms with Gasteiger partial charge in [0.15, 0.2) is 11.0 Å². The van der Waals surface area contributed by atoms with Crippen LogP contribution >= 0.6 is 11.8 Å². The second-order valence-electron chi connectivity index (χ2n) is 6.23. The number of nitrogens with one attached hydrogen (secondary N) is 2. The highest BCUT2D eigenvalue weighted by Gasteiger charge is 2.15. The molecule has 0 aliphatic carbocycles. The molecule has 31 heavy (non-hydrogen) atoms. The third kappa shape index (κ3) is 5.70. The first kappa shape index (κ1) is 22.0. The summed E-state index contributed by atoms with van der Waals surface area (Å²) in [6, 6.07) is 12.4. The number of carbonyl (C=O) groups excluding carboxylic acids is 2. The maximum atomic E-state index is 12.9. The monoisotopic (exact) mass is 441 g/mol. The van der Waals surface area contributed by atoms with E-state index in [4.69, 9.17) is 4.74 Å². The summed E-state index contributed by atoms with van der Waals surface area (Å²) in [6.45, 7) is 4.22. The third-order valence-electron chi connectivity index (χ3n) is 4.13. The third-order valence-corrected chi connectivity index (χ3v) is 5.10. The number of benzene rings is 2. The number of hydrazine groups is 1. The summed E-state index contributed by atoms with van der Waals surface area (Å²) in [4.78, 5) is 24.1. The lowest BCUT2D eigenvalue weighted by Crippen LogP contribution is -2.42. The summed E-state index contributed by atoms with van der Waals surface area (Å²) < 4.78 is 19.9. The van der Waals surface area contributed by atoms with Crippen LogP contribution in [0.25, 0.3) is 11.4 Å². The highest BCUT2D eigenvalue weighted by atomic mass is 32.2. The number of rotatable bonds is 8. The van der Waals surface area contributed by atoms with Gasteiger partial charge in [-0.25, -0.2) is 4.39 Å². The quantitative estimate of drug-likeness (QED) is 0.317. The molecule has 0 bridgehead atoms. The summed E-state index contributed by atoms with van der Waals surface area (Å²) in [5.74, 6) is -0.0616. The van der Waals surface area contributed by atoms with Crippen LogP contribution in [0.2, 0.25) is 0 Å². The maximum absolute atomic E-state index is 12.9. The van der Waals surface area contributed by atoms with E-state index in [0.717, 1.165) is 11.3 Å². The number of nitrogens with zero attached hydrogens (tertiary/aromatic N) is 3. The predicted octanol–water partition coefficient (Wildman–Crippen LogP) is 2.83. The van der Waals surface area contributed by atoms with Crippen molar-refractivity contribution in [1.29, 1.82) is 0 Å². The summed E-state index contributed by atoms with van der Waals surface area (Å²) in [6.07, 6.45) is 1.71. The largest absolute Gasteiger partial charge is 0.497 e. The summed E-state index contributed by atoms with van der Waals surface area (Å²) in [5.41, 5.74) is 5.69. The van der Waals surface area contributed by atoms with Crippen LogP contribution in [0.5, 0.6) is 5.75 Å². The fraction of sp³-hybridized carbons (Fsp3) is 0.143. The Kier molecular flexibility index (Phi) is 7.39. The molecule has 160 valence electrons. The lowest BCUT2D eigenvalue weighted by atomic mass is 10.2. The topological polar surface area (TPSA) is 98.1 Å². The van der Waals surface area contributed by atoms with Gasteiger partial charge in [-0.1, -0.05) is 17.8 Å². The molecular formula is C21H20FN5O3S. The molecule has 0 fully saturated rings. The van der Waals surface area contributed by atoms with Gasteiger partial charge in [-0.2, -0.15) is 0 Å². The van der Waals surface area contributed by atoms with Crippen molar-refractivity contribution < 1.29 is 18.7 Å². The van der Waals surface area contributed by atoms with Gasteiger partial charge < -0.3 is 4.74 Å². The number of amides is 2. The summed E-state index contributed by atoms with van der Waals surface area (Å²) in [7, 11) is 1.59. The van der Waals surface area contributed by atoms with Crippen LogP contribution < -0.4 is 15.6 Å². The molecule has 0 radical (unpaired) electrons. The number of ether oxygens (including phenoxy) is 1. The van der Waals surface area contributed by atoms with Crippen molar-refractivity contribution in [3.8, 4) is 17.1 Å². The molecule has 3 rings (SSSR count). The van der Waals surface area contributed by atoms with E-state index in [1.54, 1.807) is 13.2 Å². The van der Waals surface area contributed by atoms with Crippen molar-refractivity contribution in [2.45, 2.75) is 11.7 Å². The number of aromatic nitrogens is 3. The Bertz CT molecular complexity index is 1070. The Balaban J connectivity index is 1.60. The van der Waals surface area contributed by atoms with Gasteiger partial charge in [-0.15, -0.1) is 16.8 Å². The van der Waals surface area contributed by atoms with Crippen LogP contribution in [-0.2, 0) is 11.3 Å². The van der Waals surface area contributed by atoms with E-state index in [9.17, 15) is 14.0 Å². The Hall–Kier alpha value is -3.66. The molecule has 0 aliphatic rings. The number of allylic oxidation sites excluding steroid dienone is 1. The average Bonchev–Trinajstić information content (AvgIpc) is 3.19. The van der Waals surface area contributed by atoms with Gasteiger partial charge in [0.25, 0.3) is 5.91 Å². The van der Waals surface area contributed by atoms with Crippen LogP contribution in [0.4, 0.5) is 4.39 Å². The maximum Gasteiger partial charge on any atom is 0.269 e. The summed E-state index contributed by atoms with van der Waals surface area (Å²) >= 11 is 1.17. The standard InChI is InChI=1S/C21H20FN5O3S/c1-3-12-27-19(14-6-10-17(30-2)11-7-14)24-26-21(27)31-13-18(28)23-25-20(29)15-4-8-16(22)9-5-15/h3-11H,1,12-13H2,2H3,(H,23,28)(H,25,29). The minimum absolute atomic E-state index is 0.00157. The van der Waals surface area contributed by atoms with Crippen molar-refractivity contribution in [2.24, 2.45) is 0 Å². The van der Waals surface area contributed by atoms with Crippen molar-refractivity contribution in [3.05, 3.63) is 72.6 Å². The van der Waals surface area contributed by atoms with Crippen LogP contribution in [0.3, 0.4) is 0 Å². The SMILES string of the molecule is C=CCn1c(SCC(=O)NNC(=O)c2ccc(F)cc2)nnc1-c1ccc(OC)cc1. The zero-order chi connectivity index (χ0) is 22.2. The van der Waals surface area contributed by atoms with Crippen molar-refractivity contribution in [2.75, 3.05) is 12.9 Å². The molecule has 0 aliphatic heterocycles. The van der Waals surface area contributed by atoms with Gasteiger partial charge in [0, 0.05) is 17.7 Å². The highest BCUT2D eigenvalue weighted by Crippen LogP contribution is 2.25. The first-order valence-electron chi connectivity index (χ1n) is 9.18. The molecule has 1 heterocycles. The van der Waals surface area contributed by atoms with Crippen molar-refractivity contribution in [3.63, 3.8) is 0 Å². The second-order valence-corrected chi connectivity index (χ2v) is 7.17. The molecular weight excluding hydrogens is 421 g/mol. The smallest absolute Gasteiger partial charge is 0.269 e.